The van der Waals surface area contributed by atoms with Crippen molar-refractivity contribution in [2.24, 2.45) is 0 Å². The van der Waals surface area contributed by atoms with Gasteiger partial charge in [-0.2, -0.15) is 13.2 Å². The Morgan fingerprint density at radius 1 is 1.04 bits per heavy atom. The first-order chi connectivity index (χ1) is 13.1. The highest BCUT2D eigenvalue weighted by molar-refractivity contribution is 5.94. The van der Waals surface area contributed by atoms with Gasteiger partial charge in [-0.3, -0.25) is 9.59 Å². The number of benzene rings is 2. The lowest BCUT2D eigenvalue weighted by molar-refractivity contribution is -0.137. The molecule has 0 saturated carbocycles. The van der Waals surface area contributed by atoms with Crippen molar-refractivity contribution in [2.75, 3.05) is 13.6 Å². The maximum Gasteiger partial charge on any atom is 0.416 e. The molecule has 2 aromatic carbocycles. The standard InChI is InChI=1S/C19H17F5N2O2/c1-26(11-12-2-4-13(5-3-12)19(22,23)24)17(27)8-9-25-18(28)15-7-6-14(20)10-16(15)21/h2-7,10H,8-9,11H2,1H3,(H,25,28). The van der Waals surface area contributed by atoms with E-state index in [4.69, 9.17) is 0 Å². The molecule has 0 aliphatic rings. The van der Waals surface area contributed by atoms with Crippen molar-refractivity contribution in [3.05, 3.63) is 70.8 Å². The van der Waals surface area contributed by atoms with E-state index in [1.807, 2.05) is 0 Å². The summed E-state index contributed by atoms with van der Waals surface area (Å²) in [4.78, 5) is 25.2. The number of halogens is 5. The monoisotopic (exact) mass is 400 g/mol. The van der Waals surface area contributed by atoms with Crippen LogP contribution in [0.2, 0.25) is 0 Å². The van der Waals surface area contributed by atoms with Gasteiger partial charge in [0.15, 0.2) is 0 Å². The minimum Gasteiger partial charge on any atom is -0.351 e. The molecule has 0 aliphatic heterocycles. The molecule has 2 rings (SSSR count). The Kier molecular flexibility index (Phi) is 6.71. The van der Waals surface area contributed by atoms with Gasteiger partial charge >= 0.3 is 6.18 Å². The molecule has 0 aliphatic carbocycles. The minimum absolute atomic E-state index is 0.0775. The number of hydrogen-bond acceptors (Lipinski definition) is 2. The Bertz CT molecular complexity index is 850. The van der Waals surface area contributed by atoms with Crippen LogP contribution in [-0.2, 0) is 17.5 Å². The average molecular weight is 400 g/mol. The number of rotatable bonds is 6. The smallest absolute Gasteiger partial charge is 0.351 e. The molecule has 9 heteroatoms. The van der Waals surface area contributed by atoms with Gasteiger partial charge in [-0.25, -0.2) is 8.78 Å². The van der Waals surface area contributed by atoms with E-state index in [9.17, 15) is 31.5 Å². The summed E-state index contributed by atoms with van der Waals surface area (Å²) in [5, 5.41) is 2.36. The summed E-state index contributed by atoms with van der Waals surface area (Å²) >= 11 is 0. The number of carbonyl (C=O) groups is 2. The van der Waals surface area contributed by atoms with Crippen LogP contribution in [-0.4, -0.2) is 30.3 Å². The summed E-state index contributed by atoms with van der Waals surface area (Å²) in [7, 11) is 1.47. The van der Waals surface area contributed by atoms with Crippen LogP contribution >= 0.6 is 0 Å². The molecule has 0 heterocycles. The van der Waals surface area contributed by atoms with Crippen molar-refractivity contribution in [1.82, 2.24) is 10.2 Å². The molecule has 2 aromatic rings. The maximum absolute atomic E-state index is 13.5. The first-order valence-electron chi connectivity index (χ1n) is 8.21. The Morgan fingerprint density at radius 2 is 1.68 bits per heavy atom. The van der Waals surface area contributed by atoms with Gasteiger partial charge in [0.2, 0.25) is 5.91 Å². The van der Waals surface area contributed by atoms with E-state index in [1.165, 1.54) is 24.1 Å². The van der Waals surface area contributed by atoms with E-state index >= 15 is 0 Å². The third kappa shape index (κ3) is 5.77. The summed E-state index contributed by atoms with van der Waals surface area (Å²) in [5.41, 5.74) is -0.603. The Labute approximate surface area is 158 Å². The highest BCUT2D eigenvalue weighted by Gasteiger charge is 2.30. The molecule has 0 unspecified atom stereocenters. The van der Waals surface area contributed by atoms with Gasteiger partial charge in [0.05, 0.1) is 11.1 Å². The Hall–Kier alpha value is -2.97. The molecule has 0 atom stereocenters. The van der Waals surface area contributed by atoms with Crippen molar-refractivity contribution in [3.63, 3.8) is 0 Å². The molecule has 0 fully saturated rings. The van der Waals surface area contributed by atoms with E-state index in [2.05, 4.69) is 5.32 Å². The van der Waals surface area contributed by atoms with Crippen molar-refractivity contribution in [2.45, 2.75) is 19.1 Å². The zero-order valence-electron chi connectivity index (χ0n) is 14.8. The van der Waals surface area contributed by atoms with E-state index in [-0.39, 0.29) is 31.0 Å². The molecule has 2 amide bonds. The predicted molar refractivity (Wildman–Crippen MR) is 91.2 cm³/mol. The van der Waals surface area contributed by atoms with E-state index in [0.29, 0.717) is 11.6 Å². The van der Waals surface area contributed by atoms with Crippen LogP contribution in [0.3, 0.4) is 0 Å². The fourth-order valence-electron chi connectivity index (χ4n) is 2.40. The number of hydrogen-bond donors (Lipinski definition) is 1. The first-order valence-corrected chi connectivity index (χ1v) is 8.21. The third-order valence-electron chi connectivity index (χ3n) is 3.93. The second-order valence-electron chi connectivity index (χ2n) is 6.07. The second-order valence-corrected chi connectivity index (χ2v) is 6.07. The highest BCUT2D eigenvalue weighted by atomic mass is 19.4. The van der Waals surface area contributed by atoms with Gasteiger partial charge in [0, 0.05) is 32.6 Å². The molecule has 28 heavy (non-hydrogen) atoms. The lowest BCUT2D eigenvalue weighted by Gasteiger charge is -2.18. The zero-order valence-corrected chi connectivity index (χ0v) is 14.8. The fourth-order valence-corrected chi connectivity index (χ4v) is 2.40. The molecular formula is C19H17F5N2O2. The molecule has 1 N–H and O–H groups in total. The second kappa shape index (κ2) is 8.81. The summed E-state index contributed by atoms with van der Waals surface area (Å²) < 4.78 is 64.0. The summed E-state index contributed by atoms with van der Waals surface area (Å²) in [6.45, 7) is 0.0172. The van der Waals surface area contributed by atoms with E-state index in [1.54, 1.807) is 0 Å². The third-order valence-corrected chi connectivity index (χ3v) is 3.93. The average Bonchev–Trinajstić information content (AvgIpc) is 2.61. The van der Waals surface area contributed by atoms with E-state index < -0.39 is 29.3 Å². The molecule has 0 radical (unpaired) electrons. The molecule has 0 aromatic heterocycles. The van der Waals surface area contributed by atoms with Crippen LogP contribution in [0.15, 0.2) is 42.5 Å². The first kappa shape index (κ1) is 21.3. The SMILES string of the molecule is CN(Cc1ccc(C(F)(F)F)cc1)C(=O)CCNC(=O)c1ccc(F)cc1F. The number of alkyl halides is 3. The summed E-state index contributed by atoms with van der Waals surface area (Å²) in [6.07, 6.45) is -4.52. The normalized spacial score (nSPS) is 11.2. The molecule has 0 saturated heterocycles. The quantitative estimate of drug-likeness (QED) is 0.751. The highest BCUT2D eigenvalue weighted by Crippen LogP contribution is 2.29. The number of nitrogens with one attached hydrogen (secondary N) is 1. The van der Waals surface area contributed by atoms with Crippen LogP contribution in [0.5, 0.6) is 0 Å². The van der Waals surface area contributed by atoms with Crippen LogP contribution in [0.25, 0.3) is 0 Å². The predicted octanol–water partition coefficient (Wildman–Crippen LogP) is 3.76. The van der Waals surface area contributed by atoms with Crippen molar-refractivity contribution >= 4 is 11.8 Å². The molecule has 0 bridgehead atoms. The summed E-state index contributed by atoms with van der Waals surface area (Å²) in [6, 6.07) is 6.96. The lowest BCUT2D eigenvalue weighted by Crippen LogP contribution is -2.32. The van der Waals surface area contributed by atoms with Crippen LogP contribution in [0.4, 0.5) is 22.0 Å². The van der Waals surface area contributed by atoms with Gasteiger partial charge in [0.25, 0.3) is 5.91 Å². The van der Waals surface area contributed by atoms with Gasteiger partial charge in [-0.1, -0.05) is 12.1 Å². The molecule has 4 nitrogen and oxygen atoms in total. The topological polar surface area (TPSA) is 49.4 Å². The Balaban J connectivity index is 1.83. The maximum atomic E-state index is 13.5. The molecule has 150 valence electrons. The molecule has 0 spiro atoms. The fraction of sp³-hybridized carbons (Fsp3) is 0.263. The van der Waals surface area contributed by atoms with Crippen molar-refractivity contribution < 1.29 is 31.5 Å². The van der Waals surface area contributed by atoms with Gasteiger partial charge in [0.1, 0.15) is 11.6 Å². The lowest BCUT2D eigenvalue weighted by atomic mass is 10.1. The number of nitrogens with zero attached hydrogens (tertiary/aromatic N) is 1. The van der Waals surface area contributed by atoms with Crippen LogP contribution in [0, 0.1) is 11.6 Å². The number of carbonyl (C=O) groups excluding carboxylic acids is 2. The minimum atomic E-state index is -4.43. The van der Waals surface area contributed by atoms with Crippen LogP contribution < -0.4 is 5.32 Å². The summed E-state index contributed by atoms with van der Waals surface area (Å²) in [5.74, 6) is -2.96. The van der Waals surface area contributed by atoms with Gasteiger partial charge in [-0.15, -0.1) is 0 Å². The van der Waals surface area contributed by atoms with Crippen molar-refractivity contribution in [1.29, 1.82) is 0 Å². The van der Waals surface area contributed by atoms with Crippen molar-refractivity contribution in [3.8, 4) is 0 Å². The largest absolute Gasteiger partial charge is 0.416 e. The van der Waals surface area contributed by atoms with E-state index in [0.717, 1.165) is 24.3 Å². The zero-order chi connectivity index (χ0) is 20.9. The Morgan fingerprint density at radius 3 is 2.25 bits per heavy atom. The number of amides is 2. The van der Waals surface area contributed by atoms with Gasteiger partial charge < -0.3 is 10.2 Å². The molecular weight excluding hydrogens is 383 g/mol. The van der Waals surface area contributed by atoms with Gasteiger partial charge in [-0.05, 0) is 29.8 Å². The van der Waals surface area contributed by atoms with Crippen LogP contribution in [0.1, 0.15) is 27.9 Å².